The van der Waals surface area contributed by atoms with Crippen LogP contribution in [0.5, 0.6) is 0 Å². The monoisotopic (exact) mass is 267 g/mol. The number of aromatic amines is 1. The lowest BCUT2D eigenvalue weighted by molar-refractivity contribution is -0.144. The van der Waals surface area contributed by atoms with Gasteiger partial charge in [0.2, 0.25) is 0 Å². The number of hydrogen-bond donors (Lipinski definition) is 2. The normalized spacial score (nSPS) is 16.8. The number of urea groups is 1. The highest BCUT2D eigenvalue weighted by molar-refractivity contribution is 5.76. The minimum absolute atomic E-state index is 0.0418. The van der Waals surface area contributed by atoms with E-state index in [1.807, 2.05) is 0 Å². The minimum atomic E-state index is -0.813. The van der Waals surface area contributed by atoms with Gasteiger partial charge in [-0.2, -0.15) is 5.10 Å². The number of carbonyl (C=O) groups is 2. The average molecular weight is 267 g/mol. The number of hydrogen-bond acceptors (Lipinski definition) is 4. The second-order valence-corrected chi connectivity index (χ2v) is 4.86. The van der Waals surface area contributed by atoms with E-state index in [4.69, 9.17) is 5.11 Å². The van der Waals surface area contributed by atoms with E-state index in [0.717, 1.165) is 0 Å². The molecule has 19 heavy (non-hydrogen) atoms. The summed E-state index contributed by atoms with van der Waals surface area (Å²) in [6.45, 7) is 3.02. The first kappa shape index (κ1) is 13.3. The molecule has 1 saturated heterocycles. The molecule has 2 N–H and O–H groups in total. The van der Waals surface area contributed by atoms with Crippen LogP contribution in [0.25, 0.3) is 0 Å². The fraction of sp³-hybridized carbons (Fsp3) is 0.636. The number of carbonyl (C=O) groups excluding carboxylic acids is 1. The molecule has 1 unspecified atom stereocenters. The summed E-state index contributed by atoms with van der Waals surface area (Å²) >= 11 is 0. The Labute approximate surface area is 110 Å². The van der Waals surface area contributed by atoms with Crippen molar-refractivity contribution >= 4 is 12.0 Å². The Hall–Kier alpha value is -2.12. The van der Waals surface area contributed by atoms with Crippen LogP contribution >= 0.6 is 0 Å². The summed E-state index contributed by atoms with van der Waals surface area (Å²) in [5.74, 6) is -0.567. The molecule has 0 spiro atoms. The van der Waals surface area contributed by atoms with Crippen LogP contribution in [0.4, 0.5) is 4.79 Å². The molecular weight excluding hydrogens is 250 g/mol. The van der Waals surface area contributed by atoms with Crippen LogP contribution in [0.2, 0.25) is 0 Å². The van der Waals surface area contributed by atoms with Crippen LogP contribution in [-0.4, -0.2) is 62.2 Å². The van der Waals surface area contributed by atoms with Gasteiger partial charge in [0.05, 0.1) is 12.5 Å². The van der Waals surface area contributed by atoms with Gasteiger partial charge in [-0.1, -0.05) is 6.92 Å². The molecule has 1 atom stereocenters. The number of H-pyrrole nitrogens is 1. The molecule has 2 rings (SSSR count). The van der Waals surface area contributed by atoms with E-state index in [2.05, 4.69) is 15.2 Å². The molecule has 0 bridgehead atoms. The topological polar surface area (TPSA) is 102 Å². The minimum Gasteiger partial charge on any atom is -0.481 e. The maximum atomic E-state index is 12.0. The summed E-state index contributed by atoms with van der Waals surface area (Å²) in [7, 11) is 1.68. The first-order valence-electron chi connectivity index (χ1n) is 6.06. The molecule has 2 amide bonds. The highest BCUT2D eigenvalue weighted by Gasteiger charge is 2.38. The zero-order valence-electron chi connectivity index (χ0n) is 10.9. The van der Waals surface area contributed by atoms with Gasteiger partial charge in [-0.05, 0) is 0 Å². The van der Waals surface area contributed by atoms with Crippen molar-refractivity contribution in [2.75, 3.05) is 20.1 Å². The Morgan fingerprint density at radius 1 is 1.63 bits per heavy atom. The van der Waals surface area contributed by atoms with Crippen molar-refractivity contribution in [1.82, 2.24) is 25.0 Å². The van der Waals surface area contributed by atoms with Crippen LogP contribution in [0.3, 0.4) is 0 Å². The Balaban J connectivity index is 1.81. The molecular formula is C11H17N5O3. The van der Waals surface area contributed by atoms with Gasteiger partial charge in [-0.3, -0.25) is 9.89 Å². The van der Waals surface area contributed by atoms with Gasteiger partial charge in [-0.15, -0.1) is 0 Å². The lowest BCUT2D eigenvalue weighted by atomic mass is 9.87. The van der Waals surface area contributed by atoms with Crippen LogP contribution in [0.15, 0.2) is 6.33 Å². The number of aliphatic carboxylic acids is 1. The van der Waals surface area contributed by atoms with Gasteiger partial charge in [0, 0.05) is 26.1 Å². The van der Waals surface area contributed by atoms with Gasteiger partial charge in [0.25, 0.3) is 0 Å². The van der Waals surface area contributed by atoms with E-state index >= 15 is 0 Å². The molecule has 104 valence electrons. The van der Waals surface area contributed by atoms with Crippen LogP contribution in [0.1, 0.15) is 12.7 Å². The molecule has 0 aliphatic carbocycles. The number of carboxylic acid groups (broad SMARTS) is 1. The van der Waals surface area contributed by atoms with Gasteiger partial charge in [0.15, 0.2) is 0 Å². The van der Waals surface area contributed by atoms with Gasteiger partial charge in [-0.25, -0.2) is 9.78 Å². The third-order valence-electron chi connectivity index (χ3n) is 3.46. The van der Waals surface area contributed by atoms with Crippen molar-refractivity contribution in [3.8, 4) is 0 Å². The molecule has 2 heterocycles. The van der Waals surface area contributed by atoms with E-state index in [0.29, 0.717) is 25.5 Å². The molecule has 1 aliphatic heterocycles. The predicted octanol–water partition coefficient (Wildman–Crippen LogP) is 0.00900. The van der Waals surface area contributed by atoms with Crippen molar-refractivity contribution in [3.63, 3.8) is 0 Å². The van der Waals surface area contributed by atoms with Gasteiger partial charge in [0.1, 0.15) is 12.2 Å². The fourth-order valence-electron chi connectivity index (χ4n) is 2.03. The van der Waals surface area contributed by atoms with Crippen LogP contribution in [-0.2, 0) is 11.3 Å². The number of aromatic nitrogens is 3. The van der Waals surface area contributed by atoms with Crippen molar-refractivity contribution in [3.05, 3.63) is 12.2 Å². The quantitative estimate of drug-likeness (QED) is 0.800. The smallest absolute Gasteiger partial charge is 0.320 e. The highest BCUT2D eigenvalue weighted by Crippen LogP contribution is 2.25. The van der Waals surface area contributed by atoms with E-state index in [1.165, 1.54) is 11.2 Å². The number of nitrogens with zero attached hydrogens (tertiary/aromatic N) is 4. The average Bonchev–Trinajstić information content (AvgIpc) is 2.79. The van der Waals surface area contributed by atoms with E-state index < -0.39 is 11.9 Å². The fourth-order valence-corrected chi connectivity index (χ4v) is 2.03. The zero-order valence-corrected chi connectivity index (χ0v) is 10.9. The largest absolute Gasteiger partial charge is 0.481 e. The lowest BCUT2D eigenvalue weighted by Crippen LogP contribution is -2.56. The van der Waals surface area contributed by atoms with Crippen molar-refractivity contribution in [2.24, 2.45) is 11.8 Å². The summed E-state index contributed by atoms with van der Waals surface area (Å²) in [6, 6.07) is -0.120. The third kappa shape index (κ3) is 2.83. The molecule has 8 nitrogen and oxygen atoms in total. The number of amides is 2. The summed E-state index contributed by atoms with van der Waals surface area (Å²) in [4.78, 5) is 30.0. The Morgan fingerprint density at radius 3 is 2.84 bits per heavy atom. The third-order valence-corrected chi connectivity index (χ3v) is 3.46. The van der Waals surface area contributed by atoms with Crippen molar-refractivity contribution in [2.45, 2.75) is 13.5 Å². The first-order valence-corrected chi connectivity index (χ1v) is 6.06. The number of likely N-dealkylation sites (tertiary alicyclic amines) is 1. The second-order valence-electron chi connectivity index (χ2n) is 4.86. The second kappa shape index (κ2) is 5.25. The summed E-state index contributed by atoms with van der Waals surface area (Å²) < 4.78 is 0. The first-order chi connectivity index (χ1) is 8.99. The standard InChI is InChI=1S/C11H17N5O3/c1-7(10(17)18)8-3-16(4-8)11(19)15(2)5-9-12-6-13-14-9/h6-8H,3-5H2,1-2H3,(H,17,18)(H,12,13,14). The summed E-state index contributed by atoms with van der Waals surface area (Å²) in [5.41, 5.74) is 0. The summed E-state index contributed by atoms with van der Waals surface area (Å²) in [6.07, 6.45) is 1.39. The maximum absolute atomic E-state index is 12.0. The van der Waals surface area contributed by atoms with E-state index in [-0.39, 0.29) is 11.9 Å². The molecule has 1 aromatic rings. The zero-order chi connectivity index (χ0) is 14.0. The lowest BCUT2D eigenvalue weighted by Gasteiger charge is -2.42. The van der Waals surface area contributed by atoms with Crippen LogP contribution < -0.4 is 0 Å². The Bertz CT molecular complexity index is 455. The molecule has 0 aromatic carbocycles. The Morgan fingerprint density at radius 2 is 2.32 bits per heavy atom. The molecule has 1 fully saturated rings. The van der Waals surface area contributed by atoms with Crippen molar-refractivity contribution in [1.29, 1.82) is 0 Å². The molecule has 1 aromatic heterocycles. The number of carboxylic acids is 1. The number of nitrogens with one attached hydrogen (secondary N) is 1. The molecule has 0 radical (unpaired) electrons. The molecule has 0 saturated carbocycles. The molecule has 8 heteroatoms. The van der Waals surface area contributed by atoms with Gasteiger partial charge < -0.3 is 14.9 Å². The number of rotatable bonds is 4. The van der Waals surface area contributed by atoms with Crippen LogP contribution in [0, 0.1) is 11.8 Å². The van der Waals surface area contributed by atoms with Gasteiger partial charge >= 0.3 is 12.0 Å². The van der Waals surface area contributed by atoms with E-state index in [1.54, 1.807) is 18.9 Å². The molecule has 1 aliphatic rings. The van der Waals surface area contributed by atoms with Crippen molar-refractivity contribution < 1.29 is 14.7 Å². The SMILES string of the molecule is CC(C(=O)O)C1CN(C(=O)N(C)Cc2ncn[nH]2)C1. The highest BCUT2D eigenvalue weighted by atomic mass is 16.4. The summed E-state index contributed by atoms with van der Waals surface area (Å²) in [5, 5.41) is 15.3. The Kier molecular flexibility index (Phi) is 3.68. The maximum Gasteiger partial charge on any atom is 0.320 e. The van der Waals surface area contributed by atoms with E-state index in [9.17, 15) is 9.59 Å². The predicted molar refractivity (Wildman–Crippen MR) is 65.1 cm³/mol.